The highest BCUT2D eigenvalue weighted by Crippen LogP contribution is 2.34. The topological polar surface area (TPSA) is 26.3 Å². The molecule has 5 heteroatoms. The highest BCUT2D eigenvalue weighted by Gasteiger charge is 2.24. The van der Waals surface area contributed by atoms with Crippen molar-refractivity contribution in [3.8, 4) is 5.75 Å². The van der Waals surface area contributed by atoms with Crippen molar-refractivity contribution in [2.24, 2.45) is 0 Å². The molecule has 1 aliphatic rings. The van der Waals surface area contributed by atoms with E-state index in [9.17, 15) is 9.18 Å². The first-order valence-electron chi connectivity index (χ1n) is 6.01. The van der Waals surface area contributed by atoms with E-state index < -0.39 is 11.6 Å². The third-order valence-corrected chi connectivity index (χ3v) is 3.86. The van der Waals surface area contributed by atoms with Crippen molar-refractivity contribution in [1.29, 1.82) is 0 Å². The van der Waals surface area contributed by atoms with Gasteiger partial charge < -0.3 is 4.74 Å². The number of fused-ring (bicyclic) bond motifs is 1. The van der Waals surface area contributed by atoms with Crippen LogP contribution in [0.1, 0.15) is 21.5 Å². The smallest absolute Gasteiger partial charge is 0.199 e. The first-order valence-corrected chi connectivity index (χ1v) is 7.18. The van der Waals surface area contributed by atoms with Gasteiger partial charge in [0.05, 0.1) is 17.7 Å². The summed E-state index contributed by atoms with van der Waals surface area (Å²) in [6, 6.07) is 7.49. The second-order valence-corrected chi connectivity index (χ2v) is 5.85. The number of ketones is 1. The van der Waals surface area contributed by atoms with Gasteiger partial charge in [-0.2, -0.15) is 0 Å². The molecule has 0 saturated carbocycles. The monoisotopic (exact) mass is 354 g/mol. The van der Waals surface area contributed by atoms with Crippen molar-refractivity contribution in [3.05, 3.63) is 62.3 Å². The fraction of sp³-hybridized carbons (Fsp3) is 0.133. The molecule has 0 N–H and O–H groups in total. The summed E-state index contributed by atoms with van der Waals surface area (Å²) in [4.78, 5) is 12.5. The third-order valence-electron chi connectivity index (χ3n) is 3.17. The number of rotatable bonds is 2. The lowest BCUT2D eigenvalue weighted by Gasteiger charge is -2.09. The van der Waals surface area contributed by atoms with E-state index in [0.29, 0.717) is 22.9 Å². The highest BCUT2D eigenvalue weighted by atomic mass is 79.9. The van der Waals surface area contributed by atoms with E-state index in [2.05, 4.69) is 15.9 Å². The molecular weight excluding hydrogens is 347 g/mol. The van der Waals surface area contributed by atoms with Crippen molar-refractivity contribution in [1.82, 2.24) is 0 Å². The summed E-state index contributed by atoms with van der Waals surface area (Å²) in [5, 5.41) is 0.322. The Hall–Kier alpha value is -1.39. The molecule has 0 radical (unpaired) electrons. The van der Waals surface area contributed by atoms with Gasteiger partial charge in [0.15, 0.2) is 5.78 Å². The predicted molar refractivity (Wildman–Crippen MR) is 78.2 cm³/mol. The van der Waals surface area contributed by atoms with Crippen LogP contribution in [0.4, 0.5) is 4.39 Å². The average Bonchev–Trinajstić information content (AvgIpc) is 2.87. The van der Waals surface area contributed by atoms with Gasteiger partial charge in [0.2, 0.25) is 0 Å². The maximum atomic E-state index is 13.8. The third kappa shape index (κ3) is 2.34. The summed E-state index contributed by atoms with van der Waals surface area (Å²) in [7, 11) is 0. The van der Waals surface area contributed by atoms with Gasteiger partial charge in [-0.25, -0.2) is 4.39 Å². The molecule has 0 unspecified atom stereocenters. The molecule has 0 aromatic heterocycles. The van der Waals surface area contributed by atoms with Crippen LogP contribution in [0.2, 0.25) is 5.02 Å². The second-order valence-electron chi connectivity index (χ2n) is 4.49. The summed E-state index contributed by atoms with van der Waals surface area (Å²) in [5.41, 5.74) is 1.26. The quantitative estimate of drug-likeness (QED) is 0.746. The lowest BCUT2D eigenvalue weighted by atomic mass is 9.99. The lowest BCUT2D eigenvalue weighted by Crippen LogP contribution is -2.06. The van der Waals surface area contributed by atoms with Crippen LogP contribution >= 0.6 is 27.5 Å². The van der Waals surface area contributed by atoms with Crippen LogP contribution in [0.15, 0.2) is 34.8 Å². The first-order chi connectivity index (χ1) is 9.56. The summed E-state index contributed by atoms with van der Waals surface area (Å²) in [6.07, 6.45) is 0.743. The molecule has 0 amide bonds. The number of benzene rings is 2. The molecular formula is C15H9BrClFO2. The maximum Gasteiger partial charge on any atom is 0.199 e. The zero-order chi connectivity index (χ0) is 14.3. The van der Waals surface area contributed by atoms with Gasteiger partial charge in [-0.3, -0.25) is 4.79 Å². The van der Waals surface area contributed by atoms with Crippen molar-refractivity contribution in [2.75, 3.05) is 6.61 Å². The van der Waals surface area contributed by atoms with Crippen LogP contribution < -0.4 is 4.74 Å². The van der Waals surface area contributed by atoms with Gasteiger partial charge >= 0.3 is 0 Å². The van der Waals surface area contributed by atoms with Crippen molar-refractivity contribution >= 4 is 33.3 Å². The summed E-state index contributed by atoms with van der Waals surface area (Å²) < 4.78 is 20.1. The van der Waals surface area contributed by atoms with Crippen molar-refractivity contribution in [3.63, 3.8) is 0 Å². The van der Waals surface area contributed by atoms with Gasteiger partial charge in [-0.05, 0) is 35.9 Å². The number of hydrogen-bond donors (Lipinski definition) is 0. The molecule has 102 valence electrons. The van der Waals surface area contributed by atoms with Gasteiger partial charge in [-0.1, -0.05) is 27.5 Å². The maximum absolute atomic E-state index is 13.8. The van der Waals surface area contributed by atoms with E-state index >= 15 is 0 Å². The molecule has 2 aromatic rings. The fourth-order valence-electron chi connectivity index (χ4n) is 2.25. The number of carbonyl (C=O) groups is 1. The molecule has 0 fully saturated rings. The molecule has 2 nitrogen and oxygen atoms in total. The van der Waals surface area contributed by atoms with Crippen LogP contribution in [0.5, 0.6) is 5.75 Å². The molecule has 0 bridgehead atoms. The molecule has 0 spiro atoms. The Balaban J connectivity index is 2.14. The largest absolute Gasteiger partial charge is 0.492 e. The predicted octanol–water partition coefficient (Wildman–Crippen LogP) is 4.41. The van der Waals surface area contributed by atoms with Crippen molar-refractivity contribution in [2.45, 2.75) is 6.42 Å². The molecule has 2 aromatic carbocycles. The molecule has 3 rings (SSSR count). The van der Waals surface area contributed by atoms with Crippen LogP contribution in [-0.2, 0) is 6.42 Å². The fourth-order valence-corrected chi connectivity index (χ4v) is 2.93. The van der Waals surface area contributed by atoms with Gasteiger partial charge in [0, 0.05) is 15.9 Å². The van der Waals surface area contributed by atoms with Gasteiger partial charge in [-0.15, -0.1) is 0 Å². The van der Waals surface area contributed by atoms with Crippen LogP contribution in [0.25, 0.3) is 0 Å². The Bertz CT molecular complexity index is 715. The normalized spacial score (nSPS) is 12.9. The van der Waals surface area contributed by atoms with E-state index in [0.717, 1.165) is 16.5 Å². The van der Waals surface area contributed by atoms with Crippen molar-refractivity contribution < 1.29 is 13.9 Å². The SMILES string of the molecule is O=C(c1cc(Cl)ccc1F)c1cc(Br)cc2c1OCC2. The summed E-state index contributed by atoms with van der Waals surface area (Å²) in [5.74, 6) is -0.479. The number of carbonyl (C=O) groups excluding carboxylic acids is 1. The molecule has 0 aliphatic carbocycles. The molecule has 1 aliphatic heterocycles. The van der Waals surface area contributed by atoms with Crippen LogP contribution in [-0.4, -0.2) is 12.4 Å². The minimum Gasteiger partial charge on any atom is -0.492 e. The highest BCUT2D eigenvalue weighted by molar-refractivity contribution is 9.10. The number of halogens is 3. The van der Waals surface area contributed by atoms with Crippen LogP contribution in [0.3, 0.4) is 0 Å². The Morgan fingerprint density at radius 3 is 2.85 bits per heavy atom. The molecule has 0 atom stereocenters. The zero-order valence-corrected chi connectivity index (χ0v) is 12.6. The lowest BCUT2D eigenvalue weighted by molar-refractivity contribution is 0.103. The van der Waals surface area contributed by atoms with Crippen LogP contribution in [0, 0.1) is 5.82 Å². The minimum atomic E-state index is -0.592. The number of hydrogen-bond acceptors (Lipinski definition) is 2. The Morgan fingerprint density at radius 2 is 2.05 bits per heavy atom. The first kappa shape index (κ1) is 13.6. The molecule has 20 heavy (non-hydrogen) atoms. The van der Waals surface area contributed by atoms with E-state index in [-0.39, 0.29) is 5.56 Å². The zero-order valence-electron chi connectivity index (χ0n) is 10.3. The van der Waals surface area contributed by atoms with E-state index in [4.69, 9.17) is 16.3 Å². The molecule has 1 heterocycles. The number of ether oxygens (including phenoxy) is 1. The second kappa shape index (κ2) is 5.19. The summed E-state index contributed by atoms with van der Waals surface area (Å²) >= 11 is 9.20. The van der Waals surface area contributed by atoms with E-state index in [1.54, 1.807) is 6.07 Å². The summed E-state index contributed by atoms with van der Waals surface area (Å²) in [6.45, 7) is 0.532. The standard InChI is InChI=1S/C15H9BrClFO2/c16-9-5-8-3-4-20-15(8)12(6-9)14(19)11-7-10(17)1-2-13(11)18/h1-2,5-7H,3-4H2. The minimum absolute atomic E-state index is 0.0479. The Kier molecular flexibility index (Phi) is 3.52. The average molecular weight is 356 g/mol. The van der Waals surface area contributed by atoms with E-state index in [1.165, 1.54) is 18.2 Å². The Labute approximate surface area is 128 Å². The van der Waals surface area contributed by atoms with Gasteiger partial charge in [0.1, 0.15) is 11.6 Å². The Morgan fingerprint density at radius 1 is 1.25 bits per heavy atom. The van der Waals surface area contributed by atoms with E-state index in [1.807, 2.05) is 6.07 Å². The molecule has 0 saturated heterocycles. The van der Waals surface area contributed by atoms with Gasteiger partial charge in [0.25, 0.3) is 0 Å².